The molecule has 1 heterocycles. The zero-order chi connectivity index (χ0) is 13.4. The minimum Gasteiger partial charge on any atom is -0.384 e. The molecule has 0 spiro atoms. The van der Waals surface area contributed by atoms with Crippen LogP contribution in [0.2, 0.25) is 0 Å². The van der Waals surface area contributed by atoms with Gasteiger partial charge in [0, 0.05) is 39.4 Å². The van der Waals surface area contributed by atoms with Crippen LogP contribution >= 0.6 is 0 Å². The van der Waals surface area contributed by atoms with Crippen molar-refractivity contribution in [3.8, 4) is 0 Å². The van der Waals surface area contributed by atoms with Gasteiger partial charge in [-0.1, -0.05) is 13.8 Å². The maximum absolute atomic E-state index is 5.22. The second-order valence-electron chi connectivity index (χ2n) is 5.13. The van der Waals surface area contributed by atoms with Crippen LogP contribution in [0.25, 0.3) is 0 Å². The Bertz CT molecular complexity index is 325. The minimum atomic E-state index is 0.491. The van der Waals surface area contributed by atoms with E-state index >= 15 is 0 Å². The predicted molar refractivity (Wildman–Crippen MR) is 74.7 cm³/mol. The maximum atomic E-state index is 5.22. The van der Waals surface area contributed by atoms with E-state index in [-0.39, 0.29) is 0 Å². The molecular formula is C14H27N3O. The molecule has 1 aromatic heterocycles. The molecule has 1 aromatic rings. The topological polar surface area (TPSA) is 39.1 Å². The van der Waals surface area contributed by atoms with Gasteiger partial charge in [-0.05, 0) is 31.4 Å². The summed E-state index contributed by atoms with van der Waals surface area (Å²) in [6.45, 7) is 6.33. The van der Waals surface area contributed by atoms with Gasteiger partial charge in [0.05, 0.1) is 5.69 Å². The quantitative estimate of drug-likeness (QED) is 0.731. The van der Waals surface area contributed by atoms with Crippen molar-refractivity contribution in [2.24, 2.45) is 13.0 Å². The molecule has 1 N–H and O–H groups in total. The van der Waals surface area contributed by atoms with Gasteiger partial charge in [0.15, 0.2) is 0 Å². The first-order valence-corrected chi connectivity index (χ1v) is 6.86. The molecule has 2 unspecified atom stereocenters. The van der Waals surface area contributed by atoms with Gasteiger partial charge in [-0.3, -0.25) is 4.68 Å². The molecule has 104 valence electrons. The fraction of sp³-hybridized carbons (Fsp3) is 0.786. The molecule has 0 bridgehead atoms. The van der Waals surface area contributed by atoms with Crippen molar-refractivity contribution >= 4 is 0 Å². The second-order valence-corrected chi connectivity index (χ2v) is 5.13. The van der Waals surface area contributed by atoms with Gasteiger partial charge in [-0.2, -0.15) is 5.10 Å². The first kappa shape index (κ1) is 15.2. The van der Waals surface area contributed by atoms with Gasteiger partial charge >= 0.3 is 0 Å². The second kappa shape index (κ2) is 8.27. The number of methoxy groups -OCH3 is 1. The number of nitrogens with one attached hydrogen (secondary N) is 1. The number of rotatable bonds is 9. The average molecular weight is 253 g/mol. The summed E-state index contributed by atoms with van der Waals surface area (Å²) in [7, 11) is 3.73. The van der Waals surface area contributed by atoms with E-state index in [2.05, 4.69) is 30.3 Å². The molecule has 1 rings (SSSR count). The fourth-order valence-electron chi connectivity index (χ4n) is 2.25. The van der Waals surface area contributed by atoms with Crippen molar-refractivity contribution in [1.82, 2.24) is 15.1 Å². The summed E-state index contributed by atoms with van der Waals surface area (Å²) in [6.07, 6.45) is 5.29. The number of aryl methyl sites for hydroxylation is 1. The summed E-state index contributed by atoms with van der Waals surface area (Å²) in [6, 6.07) is 2.59. The summed E-state index contributed by atoms with van der Waals surface area (Å²) in [4.78, 5) is 0. The van der Waals surface area contributed by atoms with Crippen molar-refractivity contribution in [1.29, 1.82) is 0 Å². The van der Waals surface area contributed by atoms with Crippen molar-refractivity contribution in [2.45, 2.75) is 39.2 Å². The molecule has 0 aromatic carbocycles. The standard InChI is InChI=1S/C14H27N3O/c1-5-7-15-14(9-12(2)11-18-4)10-13-6-8-17(3)16-13/h6,8,12,14-15H,5,7,9-11H2,1-4H3. The molecule has 18 heavy (non-hydrogen) atoms. The van der Waals surface area contributed by atoms with Gasteiger partial charge in [-0.25, -0.2) is 0 Å². The number of nitrogens with zero attached hydrogens (tertiary/aromatic N) is 2. The number of aromatic nitrogens is 2. The monoisotopic (exact) mass is 253 g/mol. The average Bonchev–Trinajstić information content (AvgIpc) is 2.72. The van der Waals surface area contributed by atoms with Crippen LogP contribution in [0.1, 0.15) is 32.4 Å². The molecule has 0 amide bonds. The molecule has 0 aliphatic heterocycles. The summed E-state index contributed by atoms with van der Waals surface area (Å²) in [5.41, 5.74) is 1.16. The lowest BCUT2D eigenvalue weighted by atomic mass is 9.99. The highest BCUT2D eigenvalue weighted by Gasteiger charge is 2.14. The lowest BCUT2D eigenvalue weighted by Crippen LogP contribution is -2.34. The predicted octanol–water partition coefficient (Wildman–Crippen LogP) is 2.00. The zero-order valence-corrected chi connectivity index (χ0v) is 12.1. The molecule has 4 heteroatoms. The highest BCUT2D eigenvalue weighted by molar-refractivity contribution is 5.01. The molecule has 2 atom stereocenters. The van der Waals surface area contributed by atoms with Crippen molar-refractivity contribution < 1.29 is 4.74 Å². The van der Waals surface area contributed by atoms with E-state index in [0.29, 0.717) is 12.0 Å². The van der Waals surface area contributed by atoms with E-state index in [1.807, 2.05) is 17.9 Å². The Kier molecular flexibility index (Phi) is 6.98. The summed E-state index contributed by atoms with van der Waals surface area (Å²) in [5.74, 6) is 0.577. The SMILES string of the molecule is CCCNC(Cc1ccn(C)n1)CC(C)COC. The van der Waals surface area contributed by atoms with Crippen LogP contribution < -0.4 is 5.32 Å². The van der Waals surface area contributed by atoms with Crippen LogP contribution in [0.4, 0.5) is 0 Å². The lowest BCUT2D eigenvalue weighted by molar-refractivity contribution is 0.149. The molecule has 0 aliphatic carbocycles. The highest BCUT2D eigenvalue weighted by Crippen LogP contribution is 2.11. The van der Waals surface area contributed by atoms with Crippen molar-refractivity contribution in [3.63, 3.8) is 0 Å². The van der Waals surface area contributed by atoms with E-state index in [1.54, 1.807) is 7.11 Å². The van der Waals surface area contributed by atoms with Crippen molar-refractivity contribution in [2.75, 3.05) is 20.3 Å². The third kappa shape index (κ3) is 5.65. The molecule has 0 fully saturated rings. The summed E-state index contributed by atoms with van der Waals surface area (Å²) < 4.78 is 7.08. The Labute approximate surface area is 111 Å². The normalized spacial score (nSPS) is 14.7. The summed E-state index contributed by atoms with van der Waals surface area (Å²) in [5, 5.41) is 8.07. The molecule has 0 radical (unpaired) electrons. The first-order valence-electron chi connectivity index (χ1n) is 6.86. The van der Waals surface area contributed by atoms with Crippen LogP contribution in [-0.4, -0.2) is 36.1 Å². The van der Waals surface area contributed by atoms with E-state index in [0.717, 1.165) is 38.1 Å². The van der Waals surface area contributed by atoms with Crippen LogP contribution in [0, 0.1) is 5.92 Å². The molecule has 0 saturated heterocycles. The third-order valence-electron chi connectivity index (χ3n) is 3.05. The van der Waals surface area contributed by atoms with E-state index in [4.69, 9.17) is 4.74 Å². The molecule has 0 saturated carbocycles. The number of hydrogen-bond acceptors (Lipinski definition) is 3. The first-order chi connectivity index (χ1) is 8.65. The minimum absolute atomic E-state index is 0.491. The highest BCUT2D eigenvalue weighted by atomic mass is 16.5. The largest absolute Gasteiger partial charge is 0.384 e. The fourth-order valence-corrected chi connectivity index (χ4v) is 2.25. The van der Waals surface area contributed by atoms with Crippen LogP contribution in [-0.2, 0) is 18.2 Å². The number of hydrogen-bond donors (Lipinski definition) is 1. The Hall–Kier alpha value is -0.870. The molecule has 4 nitrogen and oxygen atoms in total. The lowest BCUT2D eigenvalue weighted by Gasteiger charge is -2.21. The Morgan fingerprint density at radius 3 is 2.83 bits per heavy atom. The Morgan fingerprint density at radius 2 is 2.28 bits per heavy atom. The smallest absolute Gasteiger partial charge is 0.0640 e. The summed E-state index contributed by atoms with van der Waals surface area (Å²) >= 11 is 0. The van der Waals surface area contributed by atoms with Gasteiger partial charge in [0.25, 0.3) is 0 Å². The van der Waals surface area contributed by atoms with Crippen LogP contribution in [0.5, 0.6) is 0 Å². The van der Waals surface area contributed by atoms with E-state index < -0.39 is 0 Å². The Balaban J connectivity index is 2.48. The third-order valence-corrected chi connectivity index (χ3v) is 3.05. The van der Waals surface area contributed by atoms with Gasteiger partial charge in [0.2, 0.25) is 0 Å². The van der Waals surface area contributed by atoms with Gasteiger partial charge in [-0.15, -0.1) is 0 Å². The zero-order valence-electron chi connectivity index (χ0n) is 12.1. The van der Waals surface area contributed by atoms with Crippen LogP contribution in [0.3, 0.4) is 0 Å². The van der Waals surface area contributed by atoms with Crippen molar-refractivity contribution in [3.05, 3.63) is 18.0 Å². The van der Waals surface area contributed by atoms with Gasteiger partial charge < -0.3 is 10.1 Å². The molecular weight excluding hydrogens is 226 g/mol. The van der Waals surface area contributed by atoms with E-state index in [9.17, 15) is 0 Å². The molecule has 0 aliphatic rings. The maximum Gasteiger partial charge on any atom is 0.0640 e. The van der Waals surface area contributed by atoms with Gasteiger partial charge in [0.1, 0.15) is 0 Å². The van der Waals surface area contributed by atoms with Crippen LogP contribution in [0.15, 0.2) is 12.3 Å². The Morgan fingerprint density at radius 1 is 1.50 bits per heavy atom. The number of ether oxygens (including phenoxy) is 1. The van der Waals surface area contributed by atoms with E-state index in [1.165, 1.54) is 0 Å².